The second-order valence-electron chi connectivity index (χ2n) is 5.45. The topological polar surface area (TPSA) is 41.1 Å². The summed E-state index contributed by atoms with van der Waals surface area (Å²) in [4.78, 5) is 12.7. The summed E-state index contributed by atoms with van der Waals surface area (Å²) in [5.41, 5.74) is 0.480. The first-order valence-electron chi connectivity index (χ1n) is 6.51. The van der Waals surface area contributed by atoms with Gasteiger partial charge in [-0.2, -0.15) is 0 Å². The van der Waals surface area contributed by atoms with Crippen LogP contribution in [0.5, 0.6) is 0 Å². The molecule has 0 saturated carbocycles. The molecular formula is C13H16N4S. The van der Waals surface area contributed by atoms with Crippen molar-refractivity contribution in [2.24, 2.45) is 5.41 Å². The quantitative estimate of drug-likeness (QED) is 0.850. The van der Waals surface area contributed by atoms with E-state index in [1.807, 2.05) is 6.20 Å². The highest BCUT2D eigenvalue weighted by molar-refractivity contribution is 7.16. The zero-order chi connectivity index (χ0) is 12.0. The van der Waals surface area contributed by atoms with Crippen molar-refractivity contribution in [3.8, 4) is 0 Å². The van der Waals surface area contributed by atoms with E-state index in [1.165, 1.54) is 19.4 Å². The van der Waals surface area contributed by atoms with Crippen molar-refractivity contribution < 1.29 is 0 Å². The minimum Gasteiger partial charge on any atom is -0.340 e. The van der Waals surface area contributed by atoms with Gasteiger partial charge in [0.1, 0.15) is 4.83 Å². The van der Waals surface area contributed by atoms with E-state index >= 15 is 0 Å². The van der Waals surface area contributed by atoms with Gasteiger partial charge < -0.3 is 10.2 Å². The average molecular weight is 260 g/mol. The molecule has 2 aromatic heterocycles. The fraction of sp³-hybridized carbons (Fsp3) is 0.538. The molecule has 0 aliphatic carbocycles. The van der Waals surface area contributed by atoms with E-state index in [1.54, 1.807) is 11.3 Å². The Morgan fingerprint density at radius 3 is 3.28 bits per heavy atom. The summed E-state index contributed by atoms with van der Waals surface area (Å²) in [6.07, 6.45) is 4.52. The van der Waals surface area contributed by atoms with Crippen LogP contribution in [0.25, 0.3) is 10.2 Å². The molecule has 4 heterocycles. The molecule has 2 aliphatic rings. The number of nitrogens with zero attached hydrogens (tertiary/aromatic N) is 3. The third-order valence-electron chi connectivity index (χ3n) is 4.25. The lowest BCUT2D eigenvalue weighted by atomic mass is 9.87. The number of nitrogens with one attached hydrogen (secondary N) is 1. The Morgan fingerprint density at radius 2 is 2.39 bits per heavy atom. The number of fused-ring (bicyclic) bond motifs is 1. The molecule has 2 fully saturated rings. The molecule has 2 saturated heterocycles. The van der Waals surface area contributed by atoms with Crippen LogP contribution in [-0.2, 0) is 0 Å². The first-order chi connectivity index (χ1) is 8.85. The Morgan fingerprint density at radius 1 is 1.39 bits per heavy atom. The van der Waals surface area contributed by atoms with Crippen LogP contribution >= 0.6 is 11.3 Å². The summed E-state index contributed by atoms with van der Waals surface area (Å²) >= 11 is 1.69. The number of aromatic nitrogens is 2. The minimum atomic E-state index is 0.480. The molecule has 0 bridgehead atoms. The Bertz CT molecular complexity index is 573. The van der Waals surface area contributed by atoms with Crippen molar-refractivity contribution >= 4 is 27.5 Å². The lowest BCUT2D eigenvalue weighted by Crippen LogP contribution is -2.29. The highest BCUT2D eigenvalue weighted by atomic mass is 32.1. The third kappa shape index (κ3) is 1.61. The molecule has 4 nitrogen and oxygen atoms in total. The lowest BCUT2D eigenvalue weighted by molar-refractivity contribution is 0.369. The van der Waals surface area contributed by atoms with Crippen LogP contribution in [0.2, 0.25) is 0 Å². The second-order valence-corrected chi connectivity index (χ2v) is 6.34. The van der Waals surface area contributed by atoms with E-state index in [2.05, 4.69) is 31.6 Å². The Labute approximate surface area is 110 Å². The van der Waals surface area contributed by atoms with Crippen molar-refractivity contribution in [2.45, 2.75) is 12.8 Å². The minimum absolute atomic E-state index is 0.480. The summed E-state index contributed by atoms with van der Waals surface area (Å²) in [5.74, 6) is 0.911. The first-order valence-corrected chi connectivity index (χ1v) is 7.39. The Kier molecular flexibility index (Phi) is 2.32. The van der Waals surface area contributed by atoms with Crippen molar-refractivity contribution in [1.29, 1.82) is 0 Å². The van der Waals surface area contributed by atoms with Gasteiger partial charge >= 0.3 is 0 Å². The largest absolute Gasteiger partial charge is 0.340 e. The van der Waals surface area contributed by atoms with Gasteiger partial charge in [0.25, 0.3) is 0 Å². The molecule has 94 valence electrons. The van der Waals surface area contributed by atoms with Crippen molar-refractivity contribution in [2.75, 3.05) is 31.1 Å². The SMILES string of the molecule is c1cc2cnc(N3CCC4(CCNC4)C3)nc2s1. The molecule has 0 amide bonds. The van der Waals surface area contributed by atoms with E-state index in [9.17, 15) is 0 Å². The fourth-order valence-corrected chi connectivity index (χ4v) is 3.88. The molecular weight excluding hydrogens is 244 g/mol. The van der Waals surface area contributed by atoms with Crippen molar-refractivity contribution in [3.63, 3.8) is 0 Å². The predicted octanol–water partition coefficient (Wildman–Crippen LogP) is 1.88. The zero-order valence-corrected chi connectivity index (χ0v) is 11.0. The van der Waals surface area contributed by atoms with Gasteiger partial charge in [0, 0.05) is 36.6 Å². The molecule has 5 heteroatoms. The van der Waals surface area contributed by atoms with Gasteiger partial charge in [0.15, 0.2) is 0 Å². The molecule has 1 atom stereocenters. The highest BCUT2D eigenvalue weighted by Gasteiger charge is 2.41. The van der Waals surface area contributed by atoms with Gasteiger partial charge in [-0.25, -0.2) is 9.97 Å². The molecule has 1 spiro atoms. The number of hydrogen-bond acceptors (Lipinski definition) is 5. The smallest absolute Gasteiger partial charge is 0.226 e. The zero-order valence-electron chi connectivity index (χ0n) is 10.2. The van der Waals surface area contributed by atoms with Crippen molar-refractivity contribution in [3.05, 3.63) is 17.6 Å². The van der Waals surface area contributed by atoms with Gasteiger partial charge in [0.2, 0.25) is 5.95 Å². The molecule has 1 N–H and O–H groups in total. The lowest BCUT2D eigenvalue weighted by Gasteiger charge is -2.22. The van der Waals surface area contributed by atoms with Gasteiger partial charge in [-0.05, 0) is 30.8 Å². The van der Waals surface area contributed by atoms with Gasteiger partial charge in [-0.3, -0.25) is 0 Å². The van der Waals surface area contributed by atoms with E-state index < -0.39 is 0 Å². The van der Waals surface area contributed by atoms with Gasteiger partial charge in [-0.15, -0.1) is 11.3 Å². The van der Waals surface area contributed by atoms with Crippen molar-refractivity contribution in [1.82, 2.24) is 15.3 Å². The van der Waals surface area contributed by atoms with E-state index in [0.29, 0.717) is 5.41 Å². The Balaban J connectivity index is 1.63. The molecule has 0 aromatic carbocycles. The maximum Gasteiger partial charge on any atom is 0.226 e. The maximum absolute atomic E-state index is 4.68. The summed E-state index contributed by atoms with van der Waals surface area (Å²) in [6, 6.07) is 2.08. The van der Waals surface area contributed by atoms with E-state index in [4.69, 9.17) is 0 Å². The average Bonchev–Trinajstić information content (AvgIpc) is 3.11. The molecule has 0 radical (unpaired) electrons. The maximum atomic E-state index is 4.68. The fourth-order valence-electron chi connectivity index (χ4n) is 3.15. The van der Waals surface area contributed by atoms with Crippen LogP contribution in [0.15, 0.2) is 17.6 Å². The summed E-state index contributed by atoms with van der Waals surface area (Å²) in [5, 5.41) is 6.72. The van der Waals surface area contributed by atoms with Crippen LogP contribution in [-0.4, -0.2) is 36.1 Å². The number of hydrogen-bond donors (Lipinski definition) is 1. The van der Waals surface area contributed by atoms with Gasteiger partial charge in [-0.1, -0.05) is 0 Å². The van der Waals surface area contributed by atoms with Crippen LogP contribution < -0.4 is 10.2 Å². The molecule has 18 heavy (non-hydrogen) atoms. The van der Waals surface area contributed by atoms with Gasteiger partial charge in [0.05, 0.1) is 0 Å². The standard InChI is InChI=1S/C13H16N4S/c1-6-18-11-10(1)7-15-12(16-11)17-5-3-13(9-17)2-4-14-8-13/h1,6-7,14H,2-5,8-9H2. The van der Waals surface area contributed by atoms with Crippen LogP contribution in [0.1, 0.15) is 12.8 Å². The first kappa shape index (κ1) is 10.7. The molecule has 2 aromatic rings. The van der Waals surface area contributed by atoms with E-state index in [-0.39, 0.29) is 0 Å². The normalized spacial score (nSPS) is 27.7. The third-order valence-corrected chi connectivity index (χ3v) is 5.07. The van der Waals surface area contributed by atoms with E-state index in [0.717, 1.165) is 35.8 Å². The monoisotopic (exact) mass is 260 g/mol. The molecule has 2 aliphatic heterocycles. The number of anilines is 1. The Hall–Kier alpha value is -1.20. The van der Waals surface area contributed by atoms with Crippen LogP contribution in [0, 0.1) is 5.41 Å². The number of thiophene rings is 1. The second kappa shape index (κ2) is 3.90. The summed E-state index contributed by atoms with van der Waals surface area (Å²) in [7, 11) is 0. The summed E-state index contributed by atoms with van der Waals surface area (Å²) < 4.78 is 0. The molecule has 1 unspecified atom stereocenters. The summed E-state index contributed by atoms with van der Waals surface area (Å²) in [6.45, 7) is 4.53. The molecule has 4 rings (SSSR count). The van der Waals surface area contributed by atoms with Crippen LogP contribution in [0.4, 0.5) is 5.95 Å². The number of rotatable bonds is 1. The predicted molar refractivity (Wildman–Crippen MR) is 74.2 cm³/mol. The van der Waals surface area contributed by atoms with Crippen LogP contribution in [0.3, 0.4) is 0 Å². The highest BCUT2D eigenvalue weighted by Crippen LogP contribution is 2.37.